The second-order valence-electron chi connectivity index (χ2n) is 6.32. The van der Waals surface area contributed by atoms with Gasteiger partial charge in [0.15, 0.2) is 0 Å². The first-order chi connectivity index (χ1) is 9.52. The molecule has 0 spiro atoms. The van der Waals surface area contributed by atoms with Crippen LogP contribution in [0.3, 0.4) is 0 Å². The van der Waals surface area contributed by atoms with E-state index in [0.29, 0.717) is 0 Å². The molecule has 0 unspecified atom stereocenters. The fourth-order valence-corrected chi connectivity index (χ4v) is 2.40. The summed E-state index contributed by atoms with van der Waals surface area (Å²) in [6, 6.07) is 0. The molecule has 0 amide bonds. The summed E-state index contributed by atoms with van der Waals surface area (Å²) in [7, 11) is 0. The third-order valence-corrected chi connectivity index (χ3v) is 3.68. The van der Waals surface area contributed by atoms with Crippen LogP contribution in [0.15, 0.2) is 12.7 Å². The average Bonchev–Trinajstić information content (AvgIpc) is 2.40. The Morgan fingerprint density at radius 2 is 1.40 bits per heavy atom. The molecular formula is C18H34O2. The lowest BCUT2D eigenvalue weighted by molar-refractivity contribution is -0.150. The molecule has 0 rings (SSSR count). The van der Waals surface area contributed by atoms with Crippen LogP contribution >= 0.6 is 0 Å². The van der Waals surface area contributed by atoms with Gasteiger partial charge >= 0.3 is 5.97 Å². The first-order valence-electron chi connectivity index (χ1n) is 8.37. The van der Waals surface area contributed by atoms with Gasteiger partial charge in [-0.25, -0.2) is 4.79 Å². The van der Waals surface area contributed by atoms with E-state index < -0.39 is 0 Å². The van der Waals surface area contributed by atoms with Crippen LogP contribution < -0.4 is 0 Å². The van der Waals surface area contributed by atoms with Gasteiger partial charge in [0, 0.05) is 6.08 Å². The molecule has 0 saturated carbocycles. The first kappa shape index (κ1) is 19.2. The van der Waals surface area contributed by atoms with Crippen molar-refractivity contribution in [1.82, 2.24) is 0 Å². The summed E-state index contributed by atoms with van der Waals surface area (Å²) in [4.78, 5) is 11.2. The quantitative estimate of drug-likeness (QED) is 0.242. The lowest BCUT2D eigenvalue weighted by Gasteiger charge is -2.24. The summed E-state index contributed by atoms with van der Waals surface area (Å²) in [5, 5.41) is 0. The fourth-order valence-electron chi connectivity index (χ4n) is 2.40. The number of carbonyl (C=O) groups is 1. The number of rotatable bonds is 13. The summed E-state index contributed by atoms with van der Waals surface area (Å²) < 4.78 is 5.31. The van der Waals surface area contributed by atoms with Crippen LogP contribution in [-0.2, 0) is 9.53 Å². The van der Waals surface area contributed by atoms with Crippen LogP contribution in [0.2, 0.25) is 0 Å². The minimum Gasteiger partial charge on any atom is -0.457 e. The molecule has 0 aliphatic carbocycles. The molecule has 0 saturated heterocycles. The number of unbranched alkanes of at least 4 members (excludes halogenated alkanes) is 9. The van der Waals surface area contributed by atoms with E-state index in [1.54, 1.807) is 0 Å². The van der Waals surface area contributed by atoms with Gasteiger partial charge in [-0.15, -0.1) is 0 Å². The van der Waals surface area contributed by atoms with E-state index in [1.807, 2.05) is 13.8 Å². The van der Waals surface area contributed by atoms with E-state index in [4.69, 9.17) is 4.74 Å². The molecule has 0 aromatic carbocycles. The van der Waals surface area contributed by atoms with Crippen molar-refractivity contribution >= 4 is 5.97 Å². The van der Waals surface area contributed by atoms with Gasteiger partial charge in [0.1, 0.15) is 5.60 Å². The van der Waals surface area contributed by atoms with E-state index >= 15 is 0 Å². The molecule has 0 fully saturated rings. The molecule has 0 atom stereocenters. The number of hydrogen-bond acceptors (Lipinski definition) is 2. The molecule has 2 nitrogen and oxygen atoms in total. The van der Waals surface area contributed by atoms with Gasteiger partial charge in [0.25, 0.3) is 0 Å². The van der Waals surface area contributed by atoms with Crippen molar-refractivity contribution in [2.45, 2.75) is 97.0 Å². The van der Waals surface area contributed by atoms with Crippen LogP contribution in [0, 0.1) is 0 Å². The van der Waals surface area contributed by atoms with Crippen molar-refractivity contribution in [2.75, 3.05) is 0 Å². The Labute approximate surface area is 126 Å². The van der Waals surface area contributed by atoms with E-state index in [2.05, 4.69) is 13.5 Å². The normalized spacial score (nSPS) is 11.3. The predicted molar refractivity (Wildman–Crippen MR) is 86.8 cm³/mol. The van der Waals surface area contributed by atoms with Crippen molar-refractivity contribution < 1.29 is 9.53 Å². The minimum atomic E-state index is -0.356. The van der Waals surface area contributed by atoms with Gasteiger partial charge in [-0.1, -0.05) is 71.3 Å². The van der Waals surface area contributed by atoms with Gasteiger partial charge < -0.3 is 4.74 Å². The lowest BCUT2D eigenvalue weighted by atomic mass is 9.99. The third kappa shape index (κ3) is 12.3. The Morgan fingerprint density at radius 3 is 1.85 bits per heavy atom. The molecule has 118 valence electrons. The second kappa shape index (κ2) is 12.0. The molecule has 0 N–H and O–H groups in total. The number of ether oxygens (including phenoxy) is 1. The van der Waals surface area contributed by atoms with Gasteiger partial charge in [-0.3, -0.25) is 0 Å². The zero-order valence-electron chi connectivity index (χ0n) is 13.9. The third-order valence-electron chi connectivity index (χ3n) is 3.68. The maximum atomic E-state index is 11.2. The molecule has 0 radical (unpaired) electrons. The Morgan fingerprint density at radius 1 is 0.950 bits per heavy atom. The summed E-state index contributed by atoms with van der Waals surface area (Å²) in [6.07, 6.45) is 15.5. The van der Waals surface area contributed by atoms with E-state index in [0.717, 1.165) is 12.8 Å². The number of hydrogen-bond donors (Lipinski definition) is 0. The topological polar surface area (TPSA) is 26.3 Å². The van der Waals surface area contributed by atoms with Gasteiger partial charge in [-0.05, 0) is 26.7 Å². The van der Waals surface area contributed by atoms with Crippen LogP contribution in [0.4, 0.5) is 0 Å². The van der Waals surface area contributed by atoms with Crippen LogP contribution in [0.5, 0.6) is 0 Å². The highest BCUT2D eigenvalue weighted by atomic mass is 16.6. The highest BCUT2D eigenvalue weighted by Gasteiger charge is 2.20. The summed E-state index contributed by atoms with van der Waals surface area (Å²) in [5.41, 5.74) is -0.356. The fraction of sp³-hybridized carbons (Fsp3) is 0.833. The first-order valence-corrected chi connectivity index (χ1v) is 8.37. The largest absolute Gasteiger partial charge is 0.457 e. The Bertz CT molecular complexity index is 256. The lowest BCUT2D eigenvalue weighted by Crippen LogP contribution is -2.27. The highest BCUT2D eigenvalue weighted by molar-refractivity contribution is 5.81. The molecule has 20 heavy (non-hydrogen) atoms. The van der Waals surface area contributed by atoms with Crippen molar-refractivity contribution in [1.29, 1.82) is 0 Å². The minimum absolute atomic E-state index is 0.318. The van der Waals surface area contributed by atoms with Crippen molar-refractivity contribution in [2.24, 2.45) is 0 Å². The van der Waals surface area contributed by atoms with Gasteiger partial charge in [-0.2, -0.15) is 0 Å². The smallest absolute Gasteiger partial charge is 0.330 e. The SMILES string of the molecule is C=CC(=O)OC(C)(C)CCCCCCCCCCCC. The molecule has 0 bridgehead atoms. The molecule has 0 aromatic rings. The zero-order valence-corrected chi connectivity index (χ0v) is 13.9. The zero-order chi connectivity index (χ0) is 15.3. The van der Waals surface area contributed by atoms with E-state index in [1.165, 1.54) is 63.9 Å². The molecule has 2 heteroatoms. The Kier molecular flexibility index (Phi) is 11.5. The highest BCUT2D eigenvalue weighted by Crippen LogP contribution is 2.20. The Balaban J connectivity index is 3.38. The summed E-state index contributed by atoms with van der Waals surface area (Å²) in [6.45, 7) is 9.63. The van der Waals surface area contributed by atoms with Gasteiger partial charge in [0.05, 0.1) is 0 Å². The number of esters is 1. The second-order valence-corrected chi connectivity index (χ2v) is 6.32. The van der Waals surface area contributed by atoms with Crippen molar-refractivity contribution in [3.05, 3.63) is 12.7 Å². The molecule has 0 aliphatic heterocycles. The van der Waals surface area contributed by atoms with Crippen LogP contribution in [0.25, 0.3) is 0 Å². The average molecular weight is 282 g/mol. The maximum absolute atomic E-state index is 11.2. The molecule has 0 heterocycles. The standard InChI is InChI=1S/C18H34O2/c1-5-7-8-9-10-11-12-13-14-15-16-18(3,4)20-17(19)6-2/h6H,2,5,7-16H2,1,3-4H3. The monoisotopic (exact) mass is 282 g/mol. The maximum Gasteiger partial charge on any atom is 0.330 e. The van der Waals surface area contributed by atoms with Crippen molar-refractivity contribution in [3.8, 4) is 0 Å². The summed E-state index contributed by atoms with van der Waals surface area (Å²) in [5.74, 6) is -0.318. The van der Waals surface area contributed by atoms with E-state index in [-0.39, 0.29) is 11.6 Å². The van der Waals surface area contributed by atoms with Crippen molar-refractivity contribution in [3.63, 3.8) is 0 Å². The predicted octanol–water partition coefficient (Wildman–Crippen LogP) is 5.81. The molecule has 0 aromatic heterocycles. The van der Waals surface area contributed by atoms with Gasteiger partial charge in [0.2, 0.25) is 0 Å². The summed E-state index contributed by atoms with van der Waals surface area (Å²) >= 11 is 0. The number of carbonyl (C=O) groups excluding carboxylic acids is 1. The van der Waals surface area contributed by atoms with E-state index in [9.17, 15) is 4.79 Å². The molecule has 0 aliphatic rings. The van der Waals surface area contributed by atoms with Crippen LogP contribution in [-0.4, -0.2) is 11.6 Å². The van der Waals surface area contributed by atoms with Crippen LogP contribution in [0.1, 0.15) is 91.4 Å². The molecular weight excluding hydrogens is 248 g/mol. The Hall–Kier alpha value is -0.790.